The fraction of sp³-hybridized carbons (Fsp3) is 0.0400. The Labute approximate surface area is 194 Å². The zero-order chi connectivity index (χ0) is 23.0. The SMILES string of the molecule is O=C(Cc1ccccc1)Nc1ccc(C(=O)Nc2cccc(C(=O)Nc3nccs3)c2)cc1. The standard InChI is InChI=1S/C25H20N4O3S/c30-22(15-17-5-2-1-3-6-17)27-20-11-9-18(10-12-20)23(31)28-21-8-4-7-19(16-21)24(32)29-25-26-13-14-33-25/h1-14,16H,15H2,(H,27,30)(H,28,31)(H,26,29,32). The van der Waals surface area contributed by atoms with Gasteiger partial charge in [0.1, 0.15) is 0 Å². The maximum absolute atomic E-state index is 12.6. The molecule has 1 aromatic heterocycles. The summed E-state index contributed by atoms with van der Waals surface area (Å²) < 4.78 is 0. The average Bonchev–Trinajstić information content (AvgIpc) is 3.33. The van der Waals surface area contributed by atoms with E-state index in [0.717, 1.165) is 5.56 Å². The Balaban J connectivity index is 1.35. The number of carbonyl (C=O) groups excluding carboxylic acids is 3. The van der Waals surface area contributed by atoms with E-state index in [-0.39, 0.29) is 24.1 Å². The minimum atomic E-state index is -0.324. The molecule has 0 saturated heterocycles. The van der Waals surface area contributed by atoms with Crippen LogP contribution in [0, 0.1) is 0 Å². The summed E-state index contributed by atoms with van der Waals surface area (Å²) in [4.78, 5) is 41.2. The van der Waals surface area contributed by atoms with Crippen LogP contribution < -0.4 is 16.0 Å². The molecule has 0 aliphatic carbocycles. The molecule has 3 N–H and O–H groups in total. The predicted octanol–water partition coefficient (Wildman–Crippen LogP) is 4.83. The van der Waals surface area contributed by atoms with Crippen molar-refractivity contribution in [2.24, 2.45) is 0 Å². The normalized spacial score (nSPS) is 10.3. The number of nitrogens with zero attached hydrogens (tertiary/aromatic N) is 1. The molecule has 3 amide bonds. The summed E-state index contributed by atoms with van der Waals surface area (Å²) in [5.41, 5.74) is 2.85. The molecule has 0 spiro atoms. The van der Waals surface area contributed by atoms with Gasteiger partial charge in [0.25, 0.3) is 11.8 Å². The van der Waals surface area contributed by atoms with Gasteiger partial charge < -0.3 is 10.6 Å². The Hall–Kier alpha value is -4.30. The second kappa shape index (κ2) is 10.3. The van der Waals surface area contributed by atoms with Crippen LogP contribution in [0.5, 0.6) is 0 Å². The largest absolute Gasteiger partial charge is 0.326 e. The Kier molecular flexibility index (Phi) is 6.87. The zero-order valence-corrected chi connectivity index (χ0v) is 18.3. The zero-order valence-electron chi connectivity index (χ0n) is 17.4. The molecule has 3 aromatic carbocycles. The lowest BCUT2D eigenvalue weighted by Gasteiger charge is -2.09. The molecule has 1 heterocycles. The Bertz CT molecular complexity index is 1260. The molecule has 33 heavy (non-hydrogen) atoms. The van der Waals surface area contributed by atoms with E-state index >= 15 is 0 Å². The van der Waals surface area contributed by atoms with Crippen molar-refractivity contribution in [3.05, 3.63) is 107 Å². The van der Waals surface area contributed by atoms with Crippen LogP contribution in [0.1, 0.15) is 26.3 Å². The number of anilines is 3. The molecule has 0 unspecified atom stereocenters. The maximum Gasteiger partial charge on any atom is 0.257 e. The summed E-state index contributed by atoms with van der Waals surface area (Å²) in [5.74, 6) is -0.766. The highest BCUT2D eigenvalue weighted by Crippen LogP contribution is 2.17. The molecule has 4 rings (SSSR count). The minimum absolute atomic E-state index is 0.133. The van der Waals surface area contributed by atoms with Crippen molar-refractivity contribution < 1.29 is 14.4 Å². The van der Waals surface area contributed by atoms with Crippen molar-refractivity contribution in [2.75, 3.05) is 16.0 Å². The molecule has 0 atom stereocenters. The summed E-state index contributed by atoms with van der Waals surface area (Å²) in [5, 5.41) is 10.6. The van der Waals surface area contributed by atoms with Crippen LogP contribution >= 0.6 is 11.3 Å². The lowest BCUT2D eigenvalue weighted by molar-refractivity contribution is -0.115. The van der Waals surface area contributed by atoms with Gasteiger partial charge in [0.15, 0.2) is 5.13 Å². The fourth-order valence-electron chi connectivity index (χ4n) is 3.09. The van der Waals surface area contributed by atoms with E-state index in [2.05, 4.69) is 20.9 Å². The van der Waals surface area contributed by atoms with Gasteiger partial charge >= 0.3 is 0 Å². The van der Waals surface area contributed by atoms with Crippen molar-refractivity contribution in [2.45, 2.75) is 6.42 Å². The van der Waals surface area contributed by atoms with E-state index in [4.69, 9.17) is 0 Å². The average molecular weight is 457 g/mol. The molecule has 0 radical (unpaired) electrons. The number of amides is 3. The minimum Gasteiger partial charge on any atom is -0.326 e. The summed E-state index contributed by atoms with van der Waals surface area (Å²) >= 11 is 1.32. The van der Waals surface area contributed by atoms with Gasteiger partial charge in [-0.1, -0.05) is 36.4 Å². The summed E-state index contributed by atoms with van der Waals surface area (Å²) in [6.45, 7) is 0. The van der Waals surface area contributed by atoms with Crippen LogP contribution in [0.15, 0.2) is 90.4 Å². The number of hydrogen-bond acceptors (Lipinski definition) is 5. The first-order chi connectivity index (χ1) is 16.1. The Morgan fingerprint density at radius 3 is 2.21 bits per heavy atom. The molecular weight excluding hydrogens is 436 g/mol. The van der Waals surface area contributed by atoms with Crippen molar-refractivity contribution in [3.63, 3.8) is 0 Å². The van der Waals surface area contributed by atoms with Crippen LogP contribution in [0.3, 0.4) is 0 Å². The second-order valence-corrected chi connectivity index (χ2v) is 8.01. The number of nitrogens with one attached hydrogen (secondary N) is 3. The van der Waals surface area contributed by atoms with Gasteiger partial charge in [-0.2, -0.15) is 0 Å². The molecule has 0 bridgehead atoms. The van der Waals surface area contributed by atoms with Crippen molar-refractivity contribution in [3.8, 4) is 0 Å². The fourth-order valence-corrected chi connectivity index (χ4v) is 3.61. The lowest BCUT2D eigenvalue weighted by Crippen LogP contribution is -2.16. The molecule has 164 valence electrons. The van der Waals surface area contributed by atoms with Crippen molar-refractivity contribution in [1.29, 1.82) is 0 Å². The van der Waals surface area contributed by atoms with Crippen LogP contribution in [-0.4, -0.2) is 22.7 Å². The van der Waals surface area contributed by atoms with Crippen LogP contribution in [0.4, 0.5) is 16.5 Å². The highest BCUT2D eigenvalue weighted by Gasteiger charge is 2.11. The highest BCUT2D eigenvalue weighted by molar-refractivity contribution is 7.13. The monoisotopic (exact) mass is 456 g/mol. The first-order valence-electron chi connectivity index (χ1n) is 10.1. The van der Waals surface area contributed by atoms with E-state index < -0.39 is 0 Å². The first kappa shape index (κ1) is 21.9. The van der Waals surface area contributed by atoms with Crippen molar-refractivity contribution >= 4 is 45.6 Å². The topological polar surface area (TPSA) is 100 Å². The van der Waals surface area contributed by atoms with E-state index in [1.165, 1.54) is 11.3 Å². The highest BCUT2D eigenvalue weighted by atomic mass is 32.1. The van der Waals surface area contributed by atoms with E-state index in [0.29, 0.717) is 27.6 Å². The maximum atomic E-state index is 12.6. The van der Waals surface area contributed by atoms with Gasteiger partial charge in [0, 0.05) is 34.1 Å². The second-order valence-electron chi connectivity index (χ2n) is 7.11. The van der Waals surface area contributed by atoms with Gasteiger partial charge in [0.2, 0.25) is 5.91 Å². The molecule has 0 fully saturated rings. The predicted molar refractivity (Wildman–Crippen MR) is 130 cm³/mol. The van der Waals surface area contributed by atoms with Gasteiger partial charge in [-0.3, -0.25) is 19.7 Å². The summed E-state index contributed by atoms with van der Waals surface area (Å²) in [7, 11) is 0. The van der Waals surface area contributed by atoms with E-state index in [1.807, 2.05) is 30.3 Å². The molecule has 7 nitrogen and oxygen atoms in total. The molecule has 0 aliphatic rings. The van der Waals surface area contributed by atoms with Gasteiger partial charge in [-0.25, -0.2) is 4.98 Å². The smallest absolute Gasteiger partial charge is 0.257 e. The molecule has 0 saturated carbocycles. The van der Waals surface area contributed by atoms with Gasteiger partial charge in [0.05, 0.1) is 6.42 Å². The number of thiazole rings is 1. The van der Waals surface area contributed by atoms with Crippen LogP contribution in [-0.2, 0) is 11.2 Å². The third kappa shape index (κ3) is 6.11. The molecular formula is C25H20N4O3S. The Morgan fingerprint density at radius 1 is 0.727 bits per heavy atom. The van der Waals surface area contributed by atoms with Crippen molar-refractivity contribution in [1.82, 2.24) is 4.98 Å². The molecule has 8 heteroatoms. The van der Waals surface area contributed by atoms with E-state index in [1.54, 1.807) is 60.1 Å². The lowest BCUT2D eigenvalue weighted by atomic mass is 10.1. The van der Waals surface area contributed by atoms with Crippen LogP contribution in [0.2, 0.25) is 0 Å². The molecule has 0 aliphatic heterocycles. The van der Waals surface area contributed by atoms with Crippen LogP contribution in [0.25, 0.3) is 0 Å². The number of aromatic nitrogens is 1. The van der Waals surface area contributed by atoms with E-state index in [9.17, 15) is 14.4 Å². The molecule has 4 aromatic rings. The summed E-state index contributed by atoms with van der Waals surface area (Å²) in [6.07, 6.45) is 1.88. The third-order valence-electron chi connectivity index (χ3n) is 4.67. The number of carbonyl (C=O) groups is 3. The van der Waals surface area contributed by atoms with Gasteiger partial charge in [-0.15, -0.1) is 11.3 Å². The first-order valence-corrected chi connectivity index (χ1v) is 11.0. The number of benzene rings is 3. The summed E-state index contributed by atoms with van der Waals surface area (Å²) in [6, 6.07) is 22.7. The number of rotatable bonds is 7. The Morgan fingerprint density at radius 2 is 1.48 bits per heavy atom. The quantitative estimate of drug-likeness (QED) is 0.371. The van der Waals surface area contributed by atoms with Gasteiger partial charge in [-0.05, 0) is 48.0 Å². The number of hydrogen-bond donors (Lipinski definition) is 3. The third-order valence-corrected chi connectivity index (χ3v) is 5.36.